The van der Waals surface area contributed by atoms with Gasteiger partial charge in [0.25, 0.3) is 0 Å². The number of phenolic OH excluding ortho intramolecular Hbond substituents is 1. The number of esters is 1. The van der Waals surface area contributed by atoms with Gasteiger partial charge < -0.3 is 19.7 Å². The van der Waals surface area contributed by atoms with Gasteiger partial charge >= 0.3 is 23.3 Å². The molecule has 0 fully saturated rings. The first-order chi connectivity index (χ1) is 17.1. The lowest BCUT2D eigenvalue weighted by Crippen LogP contribution is -2.09. The molecular weight excluding hydrogens is 556 g/mol. The molecule has 0 radical (unpaired) electrons. The van der Waals surface area contributed by atoms with Gasteiger partial charge in [0.1, 0.15) is 24.3 Å². The van der Waals surface area contributed by atoms with Crippen LogP contribution in [0.4, 0.5) is 11.4 Å². The largest absolute Gasteiger partial charge is 0.502 e. The maximum absolute atomic E-state index is 11.7. The van der Waals surface area contributed by atoms with E-state index in [0.29, 0.717) is 0 Å². The van der Waals surface area contributed by atoms with Gasteiger partial charge in [0.2, 0.25) is 0 Å². The molecule has 2 aromatic carbocycles. The fourth-order valence-corrected chi connectivity index (χ4v) is 2.25. The summed E-state index contributed by atoms with van der Waals surface area (Å²) in [5.74, 6) is -2.89. The molecule has 37 heavy (non-hydrogen) atoms. The molecule has 2 aromatic rings. The number of phenols is 1. The number of para-hydroxylation sites is 2. The van der Waals surface area contributed by atoms with Crippen molar-refractivity contribution in [3.63, 3.8) is 0 Å². The van der Waals surface area contributed by atoms with Crippen LogP contribution in [0.3, 0.4) is 0 Å². The van der Waals surface area contributed by atoms with Crippen molar-refractivity contribution in [3.8, 4) is 11.5 Å². The summed E-state index contributed by atoms with van der Waals surface area (Å²) < 4.78 is 9.95. The van der Waals surface area contributed by atoms with Crippen molar-refractivity contribution in [1.82, 2.24) is 0 Å². The average molecular weight is 583 g/mol. The Morgan fingerprint density at radius 3 is 1.86 bits per heavy atom. The Kier molecular flexibility index (Phi) is 17.6. The summed E-state index contributed by atoms with van der Waals surface area (Å²) in [6.45, 7) is 10.4. The topological polar surface area (TPSA) is 179 Å². The third-order valence-corrected chi connectivity index (χ3v) is 4.09. The lowest BCUT2D eigenvalue weighted by Gasteiger charge is -2.07. The van der Waals surface area contributed by atoms with Gasteiger partial charge in [0, 0.05) is 5.33 Å². The summed E-state index contributed by atoms with van der Waals surface area (Å²) in [6, 6.07) is 7.54. The second-order valence-electron chi connectivity index (χ2n) is 6.07. The Balaban J connectivity index is 0. The SMILES string of the molecule is C.C=CCBr.C=CCOC(=O)c1cccc(OCC=C)c1[N+](=O)[O-].O=C(O)c1cccc(O)c1[N+](=O)[O-]. The van der Waals surface area contributed by atoms with Crippen LogP contribution in [0, 0.1) is 20.2 Å². The van der Waals surface area contributed by atoms with Gasteiger partial charge in [-0.25, -0.2) is 9.59 Å². The Labute approximate surface area is 221 Å². The van der Waals surface area contributed by atoms with E-state index < -0.39 is 44.5 Å². The Morgan fingerprint density at radius 2 is 1.43 bits per heavy atom. The standard InChI is InChI=1S/C13H13NO5.C7H5NO5.C3H5Br.CH4/c1-3-8-18-11-7-5-6-10(12(11)14(16)17)13(15)19-9-4-2;9-5-3-1-2-4(7(10)11)6(5)8(12)13;1-2-3-4;/h3-7H,1-2,8-9H2;1-3,9H,(H,10,11);2H,1,3H2;1H4. The molecular formula is C24H27BrN2O10. The molecule has 0 unspecified atom stereocenters. The molecule has 0 atom stereocenters. The molecule has 0 bridgehead atoms. The fraction of sp³-hybridized carbons (Fsp3) is 0.167. The van der Waals surface area contributed by atoms with E-state index in [1.54, 1.807) is 6.08 Å². The highest BCUT2D eigenvalue weighted by molar-refractivity contribution is 9.09. The number of aromatic hydroxyl groups is 1. The lowest BCUT2D eigenvalue weighted by atomic mass is 10.1. The van der Waals surface area contributed by atoms with Crippen LogP contribution in [0.1, 0.15) is 28.1 Å². The smallest absolute Gasteiger partial charge is 0.345 e. The number of carbonyl (C=O) groups excluding carboxylic acids is 1. The normalized spacial score (nSPS) is 8.89. The molecule has 0 aliphatic heterocycles. The first kappa shape index (κ1) is 34.6. The zero-order valence-corrected chi connectivity index (χ0v) is 20.5. The average Bonchev–Trinajstić information content (AvgIpc) is 2.85. The number of carboxylic acids is 1. The zero-order valence-electron chi connectivity index (χ0n) is 18.9. The summed E-state index contributed by atoms with van der Waals surface area (Å²) in [5.41, 5.74) is -1.88. The van der Waals surface area contributed by atoms with E-state index >= 15 is 0 Å². The quantitative estimate of drug-likeness (QED) is 0.116. The minimum Gasteiger partial charge on any atom is -0.502 e. The highest BCUT2D eigenvalue weighted by Crippen LogP contribution is 2.31. The number of benzene rings is 2. The molecule has 0 aliphatic rings. The van der Waals surface area contributed by atoms with Crippen molar-refractivity contribution in [2.75, 3.05) is 18.5 Å². The molecule has 13 heteroatoms. The Morgan fingerprint density at radius 1 is 0.919 bits per heavy atom. The lowest BCUT2D eigenvalue weighted by molar-refractivity contribution is -0.386. The summed E-state index contributed by atoms with van der Waals surface area (Å²) in [4.78, 5) is 41.9. The number of nitro groups is 2. The van der Waals surface area contributed by atoms with Gasteiger partial charge in [-0.2, -0.15) is 0 Å². The van der Waals surface area contributed by atoms with E-state index in [1.807, 2.05) is 0 Å². The van der Waals surface area contributed by atoms with Crippen LogP contribution in [-0.4, -0.2) is 50.5 Å². The molecule has 2 rings (SSSR count). The van der Waals surface area contributed by atoms with Gasteiger partial charge in [-0.1, -0.05) is 66.9 Å². The van der Waals surface area contributed by atoms with Crippen molar-refractivity contribution in [2.24, 2.45) is 0 Å². The number of carbonyl (C=O) groups is 2. The van der Waals surface area contributed by atoms with E-state index in [9.17, 15) is 29.8 Å². The monoisotopic (exact) mass is 582 g/mol. The molecule has 0 saturated carbocycles. The minimum absolute atomic E-state index is 0. The van der Waals surface area contributed by atoms with Crippen molar-refractivity contribution in [1.29, 1.82) is 0 Å². The van der Waals surface area contributed by atoms with Gasteiger partial charge in [0.15, 0.2) is 11.5 Å². The molecule has 0 saturated heterocycles. The molecule has 2 N–H and O–H groups in total. The second-order valence-corrected chi connectivity index (χ2v) is 6.72. The number of hydrogen-bond donors (Lipinski definition) is 2. The number of nitro benzene ring substituents is 2. The second kappa shape index (κ2) is 18.8. The predicted octanol–water partition coefficient (Wildman–Crippen LogP) is 5.70. The van der Waals surface area contributed by atoms with Crippen molar-refractivity contribution in [3.05, 3.63) is 106 Å². The highest BCUT2D eigenvalue weighted by Gasteiger charge is 2.26. The highest BCUT2D eigenvalue weighted by atomic mass is 79.9. The predicted molar refractivity (Wildman–Crippen MR) is 142 cm³/mol. The number of rotatable bonds is 10. The van der Waals surface area contributed by atoms with Gasteiger partial charge in [-0.05, 0) is 24.3 Å². The summed E-state index contributed by atoms with van der Waals surface area (Å²) >= 11 is 3.13. The van der Waals surface area contributed by atoms with Crippen molar-refractivity contribution >= 4 is 39.2 Å². The number of aromatic carboxylic acids is 1. The van der Waals surface area contributed by atoms with E-state index in [4.69, 9.17) is 19.7 Å². The van der Waals surface area contributed by atoms with Crippen LogP contribution in [0.2, 0.25) is 0 Å². The van der Waals surface area contributed by atoms with Crippen molar-refractivity contribution < 1.29 is 39.1 Å². The maximum Gasteiger partial charge on any atom is 0.345 e. The van der Waals surface area contributed by atoms with Crippen LogP contribution in [0.15, 0.2) is 74.4 Å². The third kappa shape index (κ3) is 11.6. The molecule has 0 spiro atoms. The number of carboxylic acid groups (broad SMARTS) is 1. The maximum atomic E-state index is 11.7. The van der Waals surface area contributed by atoms with Crippen LogP contribution in [0.5, 0.6) is 11.5 Å². The first-order valence-electron chi connectivity index (χ1n) is 9.72. The molecule has 0 amide bonds. The first-order valence-corrected chi connectivity index (χ1v) is 10.8. The van der Waals surface area contributed by atoms with Crippen LogP contribution >= 0.6 is 15.9 Å². The third-order valence-electron chi connectivity index (χ3n) is 3.63. The van der Waals surface area contributed by atoms with E-state index in [-0.39, 0.29) is 32.0 Å². The van der Waals surface area contributed by atoms with Crippen LogP contribution in [-0.2, 0) is 4.74 Å². The molecule has 0 aliphatic carbocycles. The van der Waals surface area contributed by atoms with E-state index in [0.717, 1.165) is 17.5 Å². The molecule has 12 nitrogen and oxygen atoms in total. The number of halogens is 1. The number of hydrogen-bond acceptors (Lipinski definition) is 9. The summed E-state index contributed by atoms with van der Waals surface area (Å²) in [7, 11) is 0. The van der Waals surface area contributed by atoms with Gasteiger partial charge in [-0.3, -0.25) is 20.2 Å². The van der Waals surface area contributed by atoms with Gasteiger partial charge in [-0.15, -0.1) is 6.58 Å². The fourth-order valence-electron chi connectivity index (χ4n) is 2.25. The molecule has 0 heterocycles. The summed E-state index contributed by atoms with van der Waals surface area (Å²) in [6.07, 6.45) is 4.62. The van der Waals surface area contributed by atoms with Crippen LogP contribution < -0.4 is 4.74 Å². The zero-order chi connectivity index (χ0) is 27.7. The molecule has 200 valence electrons. The Bertz CT molecular complexity index is 1120. The van der Waals surface area contributed by atoms with Crippen molar-refractivity contribution in [2.45, 2.75) is 7.43 Å². The number of allylic oxidation sites excluding steroid dienone is 1. The van der Waals surface area contributed by atoms with Crippen LogP contribution in [0.25, 0.3) is 0 Å². The number of nitrogens with zero attached hydrogens (tertiary/aromatic N) is 2. The minimum atomic E-state index is -1.44. The summed E-state index contributed by atoms with van der Waals surface area (Å²) in [5, 5.41) is 39.8. The van der Waals surface area contributed by atoms with Gasteiger partial charge in [0.05, 0.1) is 9.85 Å². The number of ether oxygens (including phenoxy) is 2. The van der Waals surface area contributed by atoms with E-state index in [2.05, 4.69) is 35.7 Å². The van der Waals surface area contributed by atoms with E-state index in [1.165, 1.54) is 36.4 Å². The molecule has 0 aromatic heterocycles. The Hall–Kier alpha value is -4.52. The number of alkyl halides is 1.